The van der Waals surface area contributed by atoms with Crippen LogP contribution in [0.25, 0.3) is 10.4 Å². The van der Waals surface area contributed by atoms with Gasteiger partial charge in [-0.1, -0.05) is 29.4 Å². The minimum atomic E-state index is 0.208. The normalized spacial score (nSPS) is 11.9. The summed E-state index contributed by atoms with van der Waals surface area (Å²) in [6, 6.07) is 8.02. The molecule has 80 valence electrons. The molecular weight excluding hydrogens is 190 g/mol. The summed E-state index contributed by atoms with van der Waals surface area (Å²) < 4.78 is 5.19. The molecule has 0 bridgehead atoms. The van der Waals surface area contributed by atoms with Crippen LogP contribution in [0.4, 0.5) is 0 Å². The van der Waals surface area contributed by atoms with Gasteiger partial charge in [-0.2, -0.15) is 0 Å². The molecule has 0 heterocycles. The zero-order chi connectivity index (χ0) is 11.1. The molecule has 0 spiro atoms. The van der Waals surface area contributed by atoms with Crippen molar-refractivity contribution in [3.63, 3.8) is 0 Å². The van der Waals surface area contributed by atoms with Crippen molar-refractivity contribution in [1.82, 2.24) is 0 Å². The van der Waals surface area contributed by atoms with Gasteiger partial charge in [0.2, 0.25) is 0 Å². The van der Waals surface area contributed by atoms with Crippen LogP contribution in [0, 0.1) is 0 Å². The Kier molecular flexibility index (Phi) is 4.68. The monoisotopic (exact) mass is 205 g/mol. The first-order chi connectivity index (χ1) is 7.26. The number of azide groups is 1. The summed E-state index contributed by atoms with van der Waals surface area (Å²) in [5.74, 6) is 0. The van der Waals surface area contributed by atoms with E-state index in [-0.39, 0.29) is 6.10 Å². The second-order valence-electron chi connectivity index (χ2n) is 3.46. The largest absolute Gasteiger partial charge is 0.381 e. The number of ether oxygens (including phenoxy) is 1. The third-order valence-electron chi connectivity index (χ3n) is 2.23. The minimum Gasteiger partial charge on any atom is -0.381 e. The topological polar surface area (TPSA) is 58.0 Å². The van der Waals surface area contributed by atoms with Crippen LogP contribution in [0.1, 0.15) is 18.1 Å². The maximum absolute atomic E-state index is 8.22. The van der Waals surface area contributed by atoms with E-state index in [1.54, 1.807) is 7.11 Å². The van der Waals surface area contributed by atoms with Gasteiger partial charge in [-0.15, -0.1) is 0 Å². The van der Waals surface area contributed by atoms with Crippen LogP contribution in [0.15, 0.2) is 29.4 Å². The summed E-state index contributed by atoms with van der Waals surface area (Å²) in [5.41, 5.74) is 10.5. The zero-order valence-electron chi connectivity index (χ0n) is 9.05. The van der Waals surface area contributed by atoms with Crippen LogP contribution in [-0.2, 0) is 17.7 Å². The Bertz CT molecular complexity index is 359. The molecule has 0 amide bonds. The lowest BCUT2D eigenvalue weighted by Gasteiger charge is -2.09. The smallest absolute Gasteiger partial charge is 0.0583 e. The van der Waals surface area contributed by atoms with Gasteiger partial charge in [-0.3, -0.25) is 0 Å². The molecule has 0 saturated heterocycles. The highest BCUT2D eigenvalue weighted by atomic mass is 16.5. The Balaban J connectivity index is 2.69. The molecule has 4 nitrogen and oxygen atoms in total. The van der Waals surface area contributed by atoms with E-state index in [9.17, 15) is 0 Å². The Labute approximate surface area is 89.5 Å². The molecular formula is C11H15N3O. The van der Waals surface area contributed by atoms with Gasteiger partial charge in [0, 0.05) is 12.0 Å². The van der Waals surface area contributed by atoms with Crippen LogP contribution in [0.3, 0.4) is 0 Å². The molecule has 0 N–H and O–H groups in total. The van der Waals surface area contributed by atoms with Crippen molar-refractivity contribution < 1.29 is 4.74 Å². The molecule has 4 heteroatoms. The highest BCUT2D eigenvalue weighted by Crippen LogP contribution is 2.10. The first kappa shape index (κ1) is 11.6. The fourth-order valence-corrected chi connectivity index (χ4v) is 1.38. The summed E-state index contributed by atoms with van der Waals surface area (Å²) in [6.45, 7) is 2.44. The molecule has 0 aliphatic heterocycles. The van der Waals surface area contributed by atoms with E-state index in [0.717, 1.165) is 12.0 Å². The molecule has 1 rings (SSSR count). The molecule has 0 saturated carbocycles. The van der Waals surface area contributed by atoms with Gasteiger partial charge in [0.1, 0.15) is 0 Å². The summed E-state index contributed by atoms with van der Waals surface area (Å²) >= 11 is 0. The number of rotatable bonds is 5. The van der Waals surface area contributed by atoms with Crippen molar-refractivity contribution in [2.24, 2.45) is 5.11 Å². The predicted octanol–water partition coefficient (Wildman–Crippen LogP) is 3.07. The first-order valence-corrected chi connectivity index (χ1v) is 4.87. The Morgan fingerprint density at radius 1 is 1.47 bits per heavy atom. The number of hydrogen-bond acceptors (Lipinski definition) is 2. The van der Waals surface area contributed by atoms with E-state index in [2.05, 4.69) is 16.1 Å². The fourth-order valence-electron chi connectivity index (χ4n) is 1.38. The van der Waals surface area contributed by atoms with E-state index in [4.69, 9.17) is 10.3 Å². The van der Waals surface area contributed by atoms with Crippen molar-refractivity contribution >= 4 is 0 Å². The highest BCUT2D eigenvalue weighted by molar-refractivity contribution is 5.24. The van der Waals surface area contributed by atoms with E-state index in [1.165, 1.54) is 5.56 Å². The van der Waals surface area contributed by atoms with E-state index in [1.807, 2.05) is 25.1 Å². The quantitative estimate of drug-likeness (QED) is 0.414. The minimum absolute atomic E-state index is 0.208. The van der Waals surface area contributed by atoms with Crippen molar-refractivity contribution in [1.29, 1.82) is 0 Å². The number of benzene rings is 1. The van der Waals surface area contributed by atoms with Crippen LogP contribution in [-0.4, -0.2) is 13.2 Å². The molecule has 1 unspecified atom stereocenters. The molecule has 0 aromatic heterocycles. The standard InChI is InChI=1S/C11H15N3O/c1-9(15-2)6-10-4-3-5-11(7-10)8-13-14-12/h3-5,7,9H,6,8H2,1-2H3. The van der Waals surface area contributed by atoms with Gasteiger partial charge in [-0.05, 0) is 30.0 Å². The molecule has 1 atom stereocenters. The summed E-state index contributed by atoms with van der Waals surface area (Å²) in [4.78, 5) is 2.74. The van der Waals surface area contributed by atoms with Crippen molar-refractivity contribution in [3.8, 4) is 0 Å². The van der Waals surface area contributed by atoms with Crippen molar-refractivity contribution in [2.45, 2.75) is 26.0 Å². The summed E-state index contributed by atoms with van der Waals surface area (Å²) in [5, 5.41) is 3.53. The van der Waals surface area contributed by atoms with E-state index >= 15 is 0 Å². The maximum atomic E-state index is 8.22. The number of nitrogens with zero attached hydrogens (tertiary/aromatic N) is 3. The molecule has 15 heavy (non-hydrogen) atoms. The third-order valence-corrected chi connectivity index (χ3v) is 2.23. The fraction of sp³-hybridized carbons (Fsp3) is 0.455. The summed E-state index contributed by atoms with van der Waals surface area (Å²) in [6.07, 6.45) is 1.08. The number of methoxy groups -OCH3 is 1. The zero-order valence-corrected chi connectivity index (χ0v) is 9.05. The van der Waals surface area contributed by atoms with Crippen LogP contribution < -0.4 is 0 Å². The van der Waals surface area contributed by atoms with Gasteiger partial charge >= 0.3 is 0 Å². The lowest BCUT2D eigenvalue weighted by Crippen LogP contribution is -2.08. The second-order valence-corrected chi connectivity index (χ2v) is 3.46. The Hall–Kier alpha value is -1.51. The van der Waals surface area contributed by atoms with Crippen LogP contribution >= 0.6 is 0 Å². The second kappa shape index (κ2) is 6.06. The van der Waals surface area contributed by atoms with Gasteiger partial charge in [-0.25, -0.2) is 0 Å². The van der Waals surface area contributed by atoms with E-state index < -0.39 is 0 Å². The summed E-state index contributed by atoms with van der Waals surface area (Å²) in [7, 11) is 1.70. The lowest BCUT2D eigenvalue weighted by molar-refractivity contribution is 0.119. The SMILES string of the molecule is COC(C)Cc1cccc(CN=[N+]=[N-])c1. The average molecular weight is 205 g/mol. The van der Waals surface area contributed by atoms with Gasteiger partial charge in [0.05, 0.1) is 12.6 Å². The first-order valence-electron chi connectivity index (χ1n) is 4.87. The van der Waals surface area contributed by atoms with Crippen LogP contribution in [0.5, 0.6) is 0 Å². The van der Waals surface area contributed by atoms with Crippen LogP contribution in [0.2, 0.25) is 0 Å². The van der Waals surface area contributed by atoms with Gasteiger partial charge < -0.3 is 4.74 Å². The molecule has 1 aromatic rings. The average Bonchev–Trinajstić information content (AvgIpc) is 2.26. The molecule has 0 aliphatic carbocycles. The van der Waals surface area contributed by atoms with Crippen molar-refractivity contribution in [3.05, 3.63) is 45.8 Å². The van der Waals surface area contributed by atoms with Gasteiger partial charge in [0.25, 0.3) is 0 Å². The number of hydrogen-bond donors (Lipinski definition) is 0. The molecule has 0 aliphatic rings. The maximum Gasteiger partial charge on any atom is 0.0583 e. The molecule has 0 radical (unpaired) electrons. The van der Waals surface area contributed by atoms with Crippen molar-refractivity contribution in [2.75, 3.05) is 7.11 Å². The predicted molar refractivity (Wildman–Crippen MR) is 59.5 cm³/mol. The molecule has 1 aromatic carbocycles. The Morgan fingerprint density at radius 3 is 2.87 bits per heavy atom. The van der Waals surface area contributed by atoms with E-state index in [0.29, 0.717) is 6.54 Å². The Morgan fingerprint density at radius 2 is 2.20 bits per heavy atom. The third kappa shape index (κ3) is 4.02. The molecule has 0 fully saturated rings. The lowest BCUT2D eigenvalue weighted by atomic mass is 10.1. The van der Waals surface area contributed by atoms with Gasteiger partial charge in [0.15, 0.2) is 0 Å². The highest BCUT2D eigenvalue weighted by Gasteiger charge is 2.01.